The fourth-order valence-corrected chi connectivity index (χ4v) is 3.25. The van der Waals surface area contributed by atoms with Crippen LogP contribution < -0.4 is 15.4 Å². The number of nitrogens with zero attached hydrogens (tertiary/aromatic N) is 2. The van der Waals surface area contributed by atoms with Crippen LogP contribution in [0.2, 0.25) is 0 Å². The van der Waals surface area contributed by atoms with Gasteiger partial charge in [-0.15, -0.1) is 0 Å². The molecule has 190 valence electrons. The van der Waals surface area contributed by atoms with E-state index in [0.717, 1.165) is 25.1 Å². The van der Waals surface area contributed by atoms with E-state index < -0.39 is 73.1 Å². The minimum absolute atomic E-state index is 0.213. The van der Waals surface area contributed by atoms with Crippen molar-refractivity contribution in [3.05, 3.63) is 24.0 Å². The van der Waals surface area contributed by atoms with Crippen molar-refractivity contribution in [2.45, 2.75) is 43.7 Å². The van der Waals surface area contributed by atoms with Crippen LogP contribution in [0.1, 0.15) is 13.8 Å². The van der Waals surface area contributed by atoms with Gasteiger partial charge < -0.3 is 30.5 Å². The molecular weight excluding hydrogens is 480 g/mol. The van der Waals surface area contributed by atoms with Crippen molar-refractivity contribution >= 4 is 23.4 Å². The molecule has 1 aliphatic heterocycles. The second-order valence-electron chi connectivity index (χ2n) is 7.67. The minimum atomic E-state index is -6.18. The van der Waals surface area contributed by atoms with Crippen molar-refractivity contribution in [3.63, 3.8) is 0 Å². The maximum absolute atomic E-state index is 14.0. The molecular formula is C19H21F6N3O6. The summed E-state index contributed by atoms with van der Waals surface area (Å²) in [5.74, 6) is -11.8. The predicted molar refractivity (Wildman–Crippen MR) is 102 cm³/mol. The molecule has 34 heavy (non-hydrogen) atoms. The van der Waals surface area contributed by atoms with E-state index in [4.69, 9.17) is 10.5 Å². The van der Waals surface area contributed by atoms with Gasteiger partial charge in [-0.25, -0.2) is 4.39 Å². The van der Waals surface area contributed by atoms with Crippen molar-refractivity contribution in [1.82, 2.24) is 4.90 Å². The van der Waals surface area contributed by atoms with E-state index >= 15 is 0 Å². The Hall–Kier alpha value is -3.07. The van der Waals surface area contributed by atoms with Gasteiger partial charge in [-0.05, 0) is 26.0 Å². The molecule has 0 saturated heterocycles. The molecule has 0 aromatic heterocycles. The monoisotopic (exact) mass is 501 g/mol. The lowest BCUT2D eigenvalue weighted by Crippen LogP contribution is -2.66. The zero-order valence-electron chi connectivity index (χ0n) is 17.8. The van der Waals surface area contributed by atoms with Crippen LogP contribution in [0.5, 0.6) is 5.75 Å². The molecule has 3 amide bonds. The van der Waals surface area contributed by atoms with Gasteiger partial charge in [0.15, 0.2) is 0 Å². The molecule has 0 bridgehead atoms. The van der Waals surface area contributed by atoms with E-state index in [9.17, 15) is 50.9 Å². The number of halogens is 6. The molecule has 0 radical (unpaired) electrons. The number of fused-ring (bicyclic) bond motifs is 1. The number of aliphatic hydroxyl groups is 2. The molecule has 15 heteroatoms. The zero-order valence-corrected chi connectivity index (χ0v) is 17.8. The lowest BCUT2D eigenvalue weighted by atomic mass is 9.99. The van der Waals surface area contributed by atoms with Crippen LogP contribution in [0.3, 0.4) is 0 Å². The van der Waals surface area contributed by atoms with E-state index in [1.165, 1.54) is 0 Å². The SMILES string of the molecule is C[C@H]1Oc2ccc(F)cc2N(CCO)C(=O)C1N(CC(F)(F)C(F)(F)F)C(=O)[C@](C)(O)C(N)=O. The first-order chi connectivity index (χ1) is 15.5. The molecule has 1 unspecified atom stereocenters. The number of ether oxygens (including phenoxy) is 1. The smallest absolute Gasteiger partial charge is 0.455 e. The first-order valence-electron chi connectivity index (χ1n) is 9.62. The van der Waals surface area contributed by atoms with Crippen LogP contribution in [0.4, 0.5) is 32.0 Å². The van der Waals surface area contributed by atoms with E-state index in [0.29, 0.717) is 11.8 Å². The summed E-state index contributed by atoms with van der Waals surface area (Å²) >= 11 is 0. The number of nitrogens with two attached hydrogens (primary N) is 1. The third kappa shape index (κ3) is 5.04. The van der Waals surface area contributed by atoms with Crippen LogP contribution in [0, 0.1) is 5.82 Å². The van der Waals surface area contributed by atoms with Gasteiger partial charge in [0, 0.05) is 12.6 Å². The fourth-order valence-electron chi connectivity index (χ4n) is 3.25. The predicted octanol–water partition coefficient (Wildman–Crippen LogP) is 0.563. The molecule has 3 atom stereocenters. The van der Waals surface area contributed by atoms with Crippen LogP contribution in [0.15, 0.2) is 18.2 Å². The molecule has 1 aromatic carbocycles. The van der Waals surface area contributed by atoms with Gasteiger partial charge >= 0.3 is 12.1 Å². The number of carbonyl (C=O) groups is 3. The number of rotatable bonds is 7. The molecule has 0 saturated carbocycles. The Balaban J connectivity index is 2.69. The molecule has 4 N–H and O–H groups in total. The molecule has 0 spiro atoms. The Bertz CT molecular complexity index is 970. The molecule has 9 nitrogen and oxygen atoms in total. The Morgan fingerprint density at radius 3 is 2.32 bits per heavy atom. The summed E-state index contributed by atoms with van der Waals surface area (Å²) in [5, 5.41) is 19.5. The second kappa shape index (κ2) is 9.29. The highest BCUT2D eigenvalue weighted by Crippen LogP contribution is 2.39. The van der Waals surface area contributed by atoms with Gasteiger partial charge in [-0.2, -0.15) is 22.0 Å². The number of anilines is 1. The summed E-state index contributed by atoms with van der Waals surface area (Å²) in [4.78, 5) is 37.9. The van der Waals surface area contributed by atoms with Crippen molar-refractivity contribution < 1.29 is 55.7 Å². The summed E-state index contributed by atoms with van der Waals surface area (Å²) in [6.07, 6.45) is -7.82. The zero-order chi connectivity index (χ0) is 26.2. The molecule has 0 fully saturated rings. The number of benzene rings is 1. The van der Waals surface area contributed by atoms with Crippen LogP contribution in [-0.4, -0.2) is 82.4 Å². The van der Waals surface area contributed by atoms with Gasteiger partial charge in [0.1, 0.15) is 23.7 Å². The van der Waals surface area contributed by atoms with Crippen LogP contribution >= 0.6 is 0 Å². The average Bonchev–Trinajstić information content (AvgIpc) is 2.79. The third-order valence-corrected chi connectivity index (χ3v) is 5.09. The van der Waals surface area contributed by atoms with Crippen LogP contribution in [-0.2, 0) is 14.4 Å². The van der Waals surface area contributed by atoms with E-state index in [1.54, 1.807) is 0 Å². The number of primary amides is 1. The lowest BCUT2D eigenvalue weighted by Gasteiger charge is -2.39. The highest BCUT2D eigenvalue weighted by atomic mass is 19.4. The van der Waals surface area contributed by atoms with Gasteiger partial charge in [0.2, 0.25) is 5.60 Å². The van der Waals surface area contributed by atoms with Gasteiger partial charge in [0.25, 0.3) is 17.7 Å². The van der Waals surface area contributed by atoms with E-state index in [-0.39, 0.29) is 16.3 Å². The Morgan fingerprint density at radius 2 is 1.82 bits per heavy atom. The summed E-state index contributed by atoms with van der Waals surface area (Å²) < 4.78 is 86.2. The number of alkyl halides is 5. The van der Waals surface area contributed by atoms with Crippen molar-refractivity contribution in [1.29, 1.82) is 0 Å². The first-order valence-corrected chi connectivity index (χ1v) is 9.62. The number of hydrogen-bond acceptors (Lipinski definition) is 6. The average molecular weight is 501 g/mol. The van der Waals surface area contributed by atoms with Crippen molar-refractivity contribution in [3.8, 4) is 5.75 Å². The van der Waals surface area contributed by atoms with Gasteiger partial charge in [-0.3, -0.25) is 14.4 Å². The summed E-state index contributed by atoms with van der Waals surface area (Å²) in [5.41, 5.74) is 1.32. The number of amides is 3. The lowest BCUT2D eigenvalue weighted by molar-refractivity contribution is -0.287. The van der Waals surface area contributed by atoms with Crippen LogP contribution in [0.25, 0.3) is 0 Å². The minimum Gasteiger partial charge on any atom is -0.486 e. The van der Waals surface area contributed by atoms with Crippen molar-refractivity contribution in [2.24, 2.45) is 5.73 Å². The highest BCUT2D eigenvalue weighted by Gasteiger charge is 2.61. The number of carbonyl (C=O) groups excluding carboxylic acids is 3. The number of hydrogen-bond donors (Lipinski definition) is 3. The second-order valence-corrected chi connectivity index (χ2v) is 7.67. The molecule has 1 aromatic rings. The Morgan fingerprint density at radius 1 is 1.24 bits per heavy atom. The molecule has 0 aliphatic carbocycles. The van der Waals surface area contributed by atoms with Gasteiger partial charge in [-0.1, -0.05) is 0 Å². The molecule has 2 rings (SSSR count). The summed E-state index contributed by atoms with van der Waals surface area (Å²) in [6.45, 7) is -2.33. The normalized spacial score (nSPS) is 20.6. The van der Waals surface area contributed by atoms with Gasteiger partial charge in [0.05, 0.1) is 18.8 Å². The van der Waals surface area contributed by atoms with E-state index in [1.807, 2.05) is 0 Å². The van der Waals surface area contributed by atoms with Crippen molar-refractivity contribution in [2.75, 3.05) is 24.6 Å². The maximum atomic E-state index is 14.0. The molecule has 1 aliphatic rings. The Labute approximate surface area is 188 Å². The summed E-state index contributed by atoms with van der Waals surface area (Å²) in [6, 6.07) is 0.450. The highest BCUT2D eigenvalue weighted by molar-refractivity contribution is 6.09. The maximum Gasteiger partial charge on any atom is 0.455 e. The quantitative estimate of drug-likeness (QED) is 0.370. The topological polar surface area (TPSA) is 133 Å². The summed E-state index contributed by atoms with van der Waals surface area (Å²) in [7, 11) is 0. The van der Waals surface area contributed by atoms with E-state index in [2.05, 4.69) is 0 Å². The first kappa shape index (κ1) is 27.2. The fraction of sp³-hybridized carbons (Fsp3) is 0.526. The third-order valence-electron chi connectivity index (χ3n) is 5.09. The largest absolute Gasteiger partial charge is 0.486 e. The number of aliphatic hydroxyl groups excluding tert-OH is 1. The Kier molecular flexibility index (Phi) is 7.42. The number of β-amino-alcohol motifs (C(OH)–C–C–N with tert-alkyl or cyclic N) is 1. The standard InChI is InChI=1S/C19H21F6N3O6/c1-9-13(14(30)27(5-6-29)11-7-10(20)3-4-12(11)34-9)28(8-18(21,22)19(23,24)25)16(32)17(2,33)15(26)31/h3-4,7,9,13,29,33H,5-6,8H2,1-2H3,(H2,26,31)/t9-,13?,17-/m1/s1. The molecule has 1 heterocycles.